The zero-order valence-corrected chi connectivity index (χ0v) is 15.3. The number of fused-ring (bicyclic) bond motifs is 1. The van der Waals surface area contributed by atoms with E-state index in [4.69, 9.17) is 9.52 Å². The molecule has 156 valence electrons. The number of benzene rings is 2. The van der Waals surface area contributed by atoms with Crippen LogP contribution in [0, 0.1) is 0 Å². The Kier molecular flexibility index (Phi) is 4.43. The number of rotatable bonds is 3. The fraction of sp³-hybridized carbons (Fsp3) is 0.200. The third-order valence-electron chi connectivity index (χ3n) is 5.18. The molecule has 0 radical (unpaired) electrons. The Balaban J connectivity index is 1.89. The van der Waals surface area contributed by atoms with Gasteiger partial charge in [0, 0.05) is 17.7 Å². The molecule has 2 unspecified atom stereocenters. The van der Waals surface area contributed by atoms with Gasteiger partial charge in [-0.05, 0) is 31.0 Å². The van der Waals surface area contributed by atoms with Crippen LogP contribution in [-0.2, 0) is 4.79 Å². The molecule has 2 atom stereocenters. The van der Waals surface area contributed by atoms with Crippen molar-refractivity contribution in [1.82, 2.24) is 5.32 Å². The fourth-order valence-electron chi connectivity index (χ4n) is 3.70. The number of hydrogen-bond donors (Lipinski definition) is 7. The van der Waals surface area contributed by atoms with Crippen molar-refractivity contribution in [2.45, 2.75) is 24.9 Å². The van der Waals surface area contributed by atoms with E-state index in [1.807, 2.05) is 0 Å². The van der Waals surface area contributed by atoms with Gasteiger partial charge in [-0.3, -0.25) is 14.9 Å². The molecule has 1 aliphatic rings. The average Bonchev–Trinajstić information content (AvgIpc) is 3.16. The molecule has 2 aromatic carbocycles. The van der Waals surface area contributed by atoms with E-state index in [2.05, 4.69) is 5.32 Å². The first-order chi connectivity index (χ1) is 14.2. The zero-order chi connectivity index (χ0) is 21.7. The number of nitrogens with one attached hydrogen (secondary N) is 1. The number of hydrogen-bond acceptors (Lipinski definition) is 9. The summed E-state index contributed by atoms with van der Waals surface area (Å²) in [7, 11) is 0. The van der Waals surface area contributed by atoms with Crippen LogP contribution in [0.25, 0.3) is 22.3 Å². The highest BCUT2D eigenvalue weighted by molar-refractivity contribution is 5.90. The second kappa shape index (κ2) is 6.85. The molecule has 1 aliphatic heterocycles. The van der Waals surface area contributed by atoms with Crippen LogP contribution in [0.3, 0.4) is 0 Å². The lowest BCUT2D eigenvalue weighted by molar-refractivity contribution is -0.139. The zero-order valence-electron chi connectivity index (χ0n) is 15.3. The predicted molar refractivity (Wildman–Crippen MR) is 103 cm³/mol. The molecule has 10 heteroatoms. The highest BCUT2D eigenvalue weighted by Crippen LogP contribution is 2.44. The Morgan fingerprint density at radius 2 is 1.70 bits per heavy atom. The molecule has 2 heterocycles. The highest BCUT2D eigenvalue weighted by atomic mass is 16.4. The van der Waals surface area contributed by atoms with Gasteiger partial charge in [0.2, 0.25) is 11.2 Å². The molecule has 1 fully saturated rings. The maximum absolute atomic E-state index is 12.8. The summed E-state index contributed by atoms with van der Waals surface area (Å²) in [6.45, 7) is 0. The first kappa shape index (κ1) is 19.4. The Bertz CT molecular complexity index is 1250. The lowest BCUT2D eigenvalue weighted by Crippen LogP contribution is -2.31. The summed E-state index contributed by atoms with van der Waals surface area (Å²) >= 11 is 0. The van der Waals surface area contributed by atoms with Crippen LogP contribution in [0.4, 0.5) is 0 Å². The van der Waals surface area contributed by atoms with Gasteiger partial charge < -0.3 is 35.1 Å². The minimum Gasteiger partial charge on any atom is -0.507 e. The second-order valence-electron chi connectivity index (χ2n) is 7.03. The van der Waals surface area contributed by atoms with Gasteiger partial charge in [0.1, 0.15) is 28.5 Å². The van der Waals surface area contributed by atoms with Crippen molar-refractivity contribution in [3.8, 4) is 40.1 Å². The quantitative estimate of drug-likeness (QED) is 0.312. The Labute approximate surface area is 167 Å². The minimum atomic E-state index is -1.07. The van der Waals surface area contributed by atoms with Gasteiger partial charge in [-0.15, -0.1) is 0 Å². The summed E-state index contributed by atoms with van der Waals surface area (Å²) in [5.74, 6) is -4.21. The second-order valence-corrected chi connectivity index (χ2v) is 7.03. The Morgan fingerprint density at radius 3 is 2.33 bits per heavy atom. The van der Waals surface area contributed by atoms with Crippen molar-refractivity contribution in [3.05, 3.63) is 40.1 Å². The summed E-state index contributed by atoms with van der Waals surface area (Å²) in [6, 6.07) is 3.01. The van der Waals surface area contributed by atoms with E-state index in [-0.39, 0.29) is 34.3 Å². The van der Waals surface area contributed by atoms with E-state index in [0.717, 1.165) is 18.2 Å². The number of carbonyl (C=O) groups is 1. The summed E-state index contributed by atoms with van der Waals surface area (Å²) in [5, 5.41) is 62.1. The highest BCUT2D eigenvalue weighted by Gasteiger charge is 2.34. The van der Waals surface area contributed by atoms with Crippen molar-refractivity contribution < 1.29 is 39.9 Å². The van der Waals surface area contributed by atoms with Crippen molar-refractivity contribution >= 4 is 16.9 Å². The van der Waals surface area contributed by atoms with Crippen LogP contribution in [0.2, 0.25) is 0 Å². The van der Waals surface area contributed by atoms with Crippen LogP contribution < -0.4 is 10.7 Å². The van der Waals surface area contributed by atoms with Gasteiger partial charge >= 0.3 is 5.97 Å². The average molecular weight is 415 g/mol. The molecule has 1 saturated heterocycles. The molecule has 10 nitrogen and oxygen atoms in total. The molecule has 0 amide bonds. The number of aromatic hydroxyl groups is 5. The van der Waals surface area contributed by atoms with E-state index in [1.54, 1.807) is 0 Å². The van der Waals surface area contributed by atoms with Crippen molar-refractivity contribution in [2.24, 2.45) is 0 Å². The summed E-state index contributed by atoms with van der Waals surface area (Å²) in [6.07, 6.45) is 0.561. The SMILES string of the molecule is O=C(O)C1CCC(c2c(O)cc3oc(-c4ccc(O)c(O)c4)c(O)c(=O)c3c2O)N1. The molecule has 7 N–H and O–H groups in total. The molecule has 0 aliphatic carbocycles. The number of phenols is 4. The monoisotopic (exact) mass is 415 g/mol. The lowest BCUT2D eigenvalue weighted by atomic mass is 9.99. The summed E-state index contributed by atoms with van der Waals surface area (Å²) in [5.41, 5.74) is -1.20. The van der Waals surface area contributed by atoms with Gasteiger partial charge in [-0.1, -0.05) is 0 Å². The van der Waals surface area contributed by atoms with Gasteiger partial charge in [-0.2, -0.15) is 0 Å². The van der Waals surface area contributed by atoms with Crippen LogP contribution in [-0.4, -0.2) is 42.7 Å². The molecule has 30 heavy (non-hydrogen) atoms. The summed E-state index contributed by atoms with van der Waals surface area (Å²) < 4.78 is 5.52. The third-order valence-corrected chi connectivity index (χ3v) is 5.18. The number of phenolic OH excluding ortho intramolecular Hbond substituents is 4. The van der Waals surface area contributed by atoms with E-state index < -0.39 is 52.2 Å². The molecule has 0 saturated carbocycles. The van der Waals surface area contributed by atoms with Crippen molar-refractivity contribution in [3.63, 3.8) is 0 Å². The van der Waals surface area contributed by atoms with Crippen LogP contribution in [0.15, 0.2) is 33.5 Å². The van der Waals surface area contributed by atoms with Gasteiger partial charge in [0.05, 0.1) is 5.56 Å². The summed E-state index contributed by atoms with van der Waals surface area (Å²) in [4.78, 5) is 23.9. The first-order valence-electron chi connectivity index (χ1n) is 8.94. The molecule has 3 aromatic rings. The minimum absolute atomic E-state index is 0.0621. The fourth-order valence-corrected chi connectivity index (χ4v) is 3.70. The van der Waals surface area contributed by atoms with Crippen LogP contribution in [0.5, 0.6) is 28.7 Å². The maximum atomic E-state index is 12.8. The molecule has 0 bridgehead atoms. The molecular weight excluding hydrogens is 398 g/mol. The topological polar surface area (TPSA) is 181 Å². The van der Waals surface area contributed by atoms with Gasteiger partial charge in [-0.25, -0.2) is 0 Å². The van der Waals surface area contributed by atoms with E-state index >= 15 is 0 Å². The van der Waals surface area contributed by atoms with Gasteiger partial charge in [0.25, 0.3) is 0 Å². The van der Waals surface area contributed by atoms with Crippen molar-refractivity contribution in [2.75, 3.05) is 0 Å². The third kappa shape index (κ3) is 2.94. The van der Waals surface area contributed by atoms with E-state index in [1.165, 1.54) is 6.07 Å². The molecule has 0 spiro atoms. The van der Waals surface area contributed by atoms with E-state index in [0.29, 0.717) is 6.42 Å². The Hall–Kier alpha value is -3.92. The number of carboxylic acids is 1. The maximum Gasteiger partial charge on any atom is 0.320 e. The number of carboxylic acid groups (broad SMARTS) is 1. The predicted octanol–water partition coefficient (Wildman–Crippen LogP) is 1.87. The standard InChI is InChI=1S/C20H17NO9/c22-10-4-1-7(5-11(10)23)19-18(27)17(26)15-13(30-19)6-12(24)14(16(15)25)8-2-3-9(21-8)20(28)29/h1,4-6,8-9,21-25,27H,2-3H2,(H,28,29). The smallest absolute Gasteiger partial charge is 0.320 e. The van der Waals surface area contributed by atoms with Crippen LogP contribution in [0.1, 0.15) is 24.4 Å². The molecule has 1 aromatic heterocycles. The van der Waals surface area contributed by atoms with Crippen LogP contribution >= 0.6 is 0 Å². The lowest BCUT2D eigenvalue weighted by Gasteiger charge is -2.17. The van der Waals surface area contributed by atoms with Crippen molar-refractivity contribution in [1.29, 1.82) is 0 Å². The molecular formula is C20H17NO9. The van der Waals surface area contributed by atoms with Gasteiger partial charge in [0.15, 0.2) is 17.3 Å². The molecule has 4 rings (SSSR count). The largest absolute Gasteiger partial charge is 0.507 e. The normalized spacial score (nSPS) is 18.7. The number of aliphatic carboxylic acids is 1. The first-order valence-corrected chi connectivity index (χ1v) is 8.94. The Morgan fingerprint density at radius 1 is 0.967 bits per heavy atom. The van der Waals surface area contributed by atoms with E-state index in [9.17, 15) is 35.1 Å².